The molecule has 2 aromatic heterocycles. The Morgan fingerprint density at radius 1 is 1.00 bits per heavy atom. The van der Waals surface area contributed by atoms with Crippen LogP contribution in [0.1, 0.15) is 49.1 Å². The van der Waals surface area contributed by atoms with Gasteiger partial charge in [0.15, 0.2) is 5.82 Å². The molecule has 2 fully saturated rings. The molecule has 0 spiro atoms. The number of hydrogen-bond donors (Lipinski definition) is 2. The summed E-state index contributed by atoms with van der Waals surface area (Å²) < 4.78 is 89.3. The third-order valence-electron chi connectivity index (χ3n) is 8.19. The van der Waals surface area contributed by atoms with E-state index >= 15 is 4.39 Å². The fourth-order valence-electron chi connectivity index (χ4n) is 5.71. The van der Waals surface area contributed by atoms with Gasteiger partial charge in [-0.1, -0.05) is 25.1 Å². The number of benzene rings is 2. The topological polar surface area (TPSA) is 140 Å². The number of hydrogen-bond acceptors (Lipinski definition) is 10. The van der Waals surface area contributed by atoms with Gasteiger partial charge >= 0.3 is 0 Å². The first-order valence-electron chi connectivity index (χ1n) is 15.0. The number of nitrogens with one attached hydrogen (secondary N) is 2. The standard InChI is InChI=1S/C31H33F2N5O5S3/c1-2-19-5-3-7-23(32)29(19)46(41,42)38-24-8-4-6-22(26(24)33)27-28(44-30(37-27)20-10-15-43-16-11-20)25-9-14-34-31(36-25)35-21-12-17-45(39,40)18-13-21/h3-9,14,20-21,38H,2,10-13,15-18H2,1H3,(H,34,35,36). The number of halogens is 2. The summed E-state index contributed by atoms with van der Waals surface area (Å²) in [5, 5.41) is 4.01. The zero-order chi connectivity index (χ0) is 32.5. The van der Waals surface area contributed by atoms with Gasteiger partial charge in [-0.15, -0.1) is 11.3 Å². The van der Waals surface area contributed by atoms with Crippen molar-refractivity contribution in [1.29, 1.82) is 0 Å². The minimum Gasteiger partial charge on any atom is -0.381 e. The number of nitrogens with zero attached hydrogens (tertiary/aromatic N) is 3. The molecule has 2 aliphatic rings. The molecule has 0 bridgehead atoms. The molecular weight excluding hydrogens is 657 g/mol. The number of anilines is 2. The minimum absolute atomic E-state index is 0.0552. The zero-order valence-electron chi connectivity index (χ0n) is 25.0. The van der Waals surface area contributed by atoms with Crippen LogP contribution in [-0.4, -0.2) is 62.5 Å². The van der Waals surface area contributed by atoms with Crippen LogP contribution in [0.2, 0.25) is 0 Å². The first kappa shape index (κ1) is 32.4. The molecule has 0 unspecified atom stereocenters. The van der Waals surface area contributed by atoms with Crippen molar-refractivity contribution in [2.45, 2.75) is 55.9 Å². The summed E-state index contributed by atoms with van der Waals surface area (Å²) in [6.45, 7) is 2.87. The molecule has 6 rings (SSSR count). The van der Waals surface area contributed by atoms with E-state index in [-0.39, 0.29) is 46.7 Å². The summed E-state index contributed by atoms with van der Waals surface area (Å²) in [5.41, 5.74) is 0.760. The van der Waals surface area contributed by atoms with Crippen LogP contribution in [0.3, 0.4) is 0 Å². The Hall–Kier alpha value is -3.53. The van der Waals surface area contributed by atoms with Crippen molar-refractivity contribution in [1.82, 2.24) is 15.0 Å². The van der Waals surface area contributed by atoms with Gasteiger partial charge in [0.2, 0.25) is 5.95 Å². The van der Waals surface area contributed by atoms with Crippen LogP contribution in [0.4, 0.5) is 20.4 Å². The van der Waals surface area contributed by atoms with Crippen LogP contribution in [0.15, 0.2) is 53.6 Å². The Labute approximate surface area is 270 Å². The molecule has 0 atom stereocenters. The maximum atomic E-state index is 16.3. The second-order valence-corrected chi connectivity index (χ2v) is 16.3. The lowest BCUT2D eigenvalue weighted by Crippen LogP contribution is -2.32. The van der Waals surface area contributed by atoms with Crippen molar-refractivity contribution in [3.63, 3.8) is 0 Å². The van der Waals surface area contributed by atoms with Gasteiger partial charge in [0, 0.05) is 36.9 Å². The van der Waals surface area contributed by atoms with E-state index < -0.39 is 36.4 Å². The number of thiazole rings is 1. The normalized spacial score (nSPS) is 17.5. The number of ether oxygens (including phenoxy) is 1. The predicted molar refractivity (Wildman–Crippen MR) is 173 cm³/mol. The molecule has 0 aliphatic carbocycles. The van der Waals surface area contributed by atoms with Gasteiger partial charge in [0.1, 0.15) is 20.5 Å². The molecule has 46 heavy (non-hydrogen) atoms. The minimum atomic E-state index is -4.47. The van der Waals surface area contributed by atoms with E-state index in [0.717, 1.165) is 23.9 Å². The maximum absolute atomic E-state index is 16.3. The quantitative estimate of drug-likeness (QED) is 0.223. The van der Waals surface area contributed by atoms with E-state index in [1.54, 1.807) is 19.2 Å². The van der Waals surface area contributed by atoms with Crippen molar-refractivity contribution >= 4 is 42.8 Å². The van der Waals surface area contributed by atoms with Gasteiger partial charge < -0.3 is 10.1 Å². The smallest absolute Gasteiger partial charge is 0.265 e. The summed E-state index contributed by atoms with van der Waals surface area (Å²) in [6.07, 6.45) is 4.22. The van der Waals surface area contributed by atoms with Gasteiger partial charge in [-0.2, -0.15) is 0 Å². The number of aryl methyl sites for hydroxylation is 1. The number of rotatable bonds is 9. The summed E-state index contributed by atoms with van der Waals surface area (Å²) >= 11 is 1.38. The van der Waals surface area contributed by atoms with E-state index in [2.05, 4.69) is 15.0 Å². The monoisotopic (exact) mass is 689 g/mol. The summed E-state index contributed by atoms with van der Waals surface area (Å²) in [7, 11) is -7.51. The Morgan fingerprint density at radius 2 is 1.74 bits per heavy atom. The molecule has 2 aromatic carbocycles. The van der Waals surface area contributed by atoms with Crippen LogP contribution >= 0.6 is 11.3 Å². The van der Waals surface area contributed by atoms with Crippen LogP contribution < -0.4 is 10.0 Å². The van der Waals surface area contributed by atoms with E-state index in [1.165, 1.54) is 41.7 Å². The predicted octanol–water partition coefficient (Wildman–Crippen LogP) is 5.79. The van der Waals surface area contributed by atoms with Gasteiger partial charge in [-0.05, 0) is 61.9 Å². The zero-order valence-corrected chi connectivity index (χ0v) is 27.5. The second-order valence-electron chi connectivity index (χ2n) is 11.3. The van der Waals surface area contributed by atoms with Gasteiger partial charge in [0.05, 0.1) is 38.5 Å². The summed E-state index contributed by atoms with van der Waals surface area (Å²) in [6, 6.07) is 9.90. The fraction of sp³-hybridized carbons (Fsp3) is 0.387. The van der Waals surface area contributed by atoms with Crippen LogP contribution in [0, 0.1) is 11.6 Å². The molecule has 4 heterocycles. The van der Waals surface area contributed by atoms with Gasteiger partial charge in [0.25, 0.3) is 10.0 Å². The van der Waals surface area contributed by atoms with E-state index in [1.807, 2.05) is 0 Å². The average Bonchev–Trinajstić information content (AvgIpc) is 3.49. The van der Waals surface area contributed by atoms with Crippen LogP contribution in [-0.2, 0) is 31.0 Å². The lowest BCUT2D eigenvalue weighted by atomic mass is 10.0. The Bertz CT molecular complexity index is 1950. The Balaban J connectivity index is 1.38. The maximum Gasteiger partial charge on any atom is 0.265 e. The molecule has 0 amide bonds. The van der Waals surface area contributed by atoms with Crippen molar-refractivity contribution in [3.05, 3.63) is 70.9 Å². The van der Waals surface area contributed by atoms with Crippen molar-refractivity contribution < 1.29 is 30.4 Å². The molecule has 4 aromatic rings. The largest absolute Gasteiger partial charge is 0.381 e. The van der Waals surface area contributed by atoms with Crippen molar-refractivity contribution in [2.75, 3.05) is 34.8 Å². The van der Waals surface area contributed by atoms with Crippen molar-refractivity contribution in [3.8, 4) is 21.8 Å². The van der Waals surface area contributed by atoms with Gasteiger partial charge in [-0.25, -0.2) is 40.6 Å². The highest BCUT2D eigenvalue weighted by molar-refractivity contribution is 7.92. The molecule has 10 nitrogen and oxygen atoms in total. The number of sulfonamides is 1. The third kappa shape index (κ3) is 6.92. The number of sulfone groups is 1. The number of aromatic nitrogens is 3. The average molecular weight is 690 g/mol. The Morgan fingerprint density at radius 3 is 2.48 bits per heavy atom. The van der Waals surface area contributed by atoms with E-state index in [0.29, 0.717) is 48.3 Å². The van der Waals surface area contributed by atoms with Crippen LogP contribution in [0.5, 0.6) is 0 Å². The molecule has 244 valence electrons. The SMILES string of the molecule is CCc1cccc(F)c1S(=O)(=O)Nc1cccc(-c2nc(C3CCOCC3)sc2-c2ccnc(NC3CCS(=O)(=O)CC3)n2)c1F. The van der Waals surface area contributed by atoms with E-state index in [4.69, 9.17) is 14.7 Å². The molecule has 0 radical (unpaired) electrons. The van der Waals surface area contributed by atoms with Gasteiger partial charge in [-0.3, -0.25) is 4.72 Å². The molecule has 2 N–H and O–H groups in total. The van der Waals surface area contributed by atoms with Crippen LogP contribution in [0.25, 0.3) is 21.8 Å². The third-order valence-corrected chi connectivity index (χ3v) is 12.6. The molecule has 2 aliphatic heterocycles. The second kappa shape index (κ2) is 13.3. The lowest BCUT2D eigenvalue weighted by Gasteiger charge is -2.23. The first-order chi connectivity index (χ1) is 22.0. The summed E-state index contributed by atoms with van der Waals surface area (Å²) in [5.74, 6) is -1.20. The lowest BCUT2D eigenvalue weighted by molar-refractivity contribution is 0.0853. The highest BCUT2D eigenvalue weighted by atomic mass is 32.2. The Kier molecular flexibility index (Phi) is 9.37. The van der Waals surface area contributed by atoms with E-state index in [9.17, 15) is 21.2 Å². The molecule has 15 heteroatoms. The van der Waals surface area contributed by atoms with Crippen molar-refractivity contribution in [2.24, 2.45) is 0 Å². The molecule has 2 saturated heterocycles. The summed E-state index contributed by atoms with van der Waals surface area (Å²) in [4.78, 5) is 14.0. The highest BCUT2D eigenvalue weighted by Gasteiger charge is 2.29. The molecule has 0 saturated carbocycles. The fourth-order valence-corrected chi connectivity index (χ4v) is 9.85. The molecular formula is C31H33F2N5O5S3. The first-order valence-corrected chi connectivity index (χ1v) is 19.1. The highest BCUT2D eigenvalue weighted by Crippen LogP contribution is 2.42.